The summed E-state index contributed by atoms with van der Waals surface area (Å²) in [6.07, 6.45) is 2.84. The first-order valence-electron chi connectivity index (χ1n) is 12.4. The second-order valence-electron chi connectivity index (χ2n) is 11.2. The number of aromatic nitrogens is 1. The molecule has 0 aromatic carbocycles. The third kappa shape index (κ3) is 13.8. The van der Waals surface area contributed by atoms with Crippen LogP contribution < -0.4 is 15.6 Å². The summed E-state index contributed by atoms with van der Waals surface area (Å²) in [4.78, 5) is 59.2. The summed E-state index contributed by atoms with van der Waals surface area (Å²) < 4.78 is 10.8. The quantitative estimate of drug-likeness (QED) is 0.152. The van der Waals surface area contributed by atoms with Gasteiger partial charge >= 0.3 is 17.1 Å². The summed E-state index contributed by atoms with van der Waals surface area (Å²) in [5.74, 6) is -2.00. The van der Waals surface area contributed by atoms with Crippen molar-refractivity contribution in [3.63, 3.8) is 0 Å². The first kappa shape index (κ1) is 33.4. The number of thiazole rings is 1. The minimum atomic E-state index is -0.927. The SMILES string of the molecule is CC(C)[C@H](NC(=O)CC(C)(C)C)C(=O)O[C@H](C=CCCCl)CC(=O)NOc1nc(C(=O)OC(C)(C)C)cs1. The molecule has 10 nitrogen and oxygen atoms in total. The minimum Gasteiger partial charge on any atom is -0.456 e. The predicted molar refractivity (Wildman–Crippen MR) is 146 cm³/mol. The predicted octanol–water partition coefficient (Wildman–Crippen LogP) is 4.57. The Morgan fingerprint density at radius 1 is 1.11 bits per heavy atom. The molecule has 38 heavy (non-hydrogen) atoms. The Hall–Kier alpha value is -2.66. The number of ether oxygens (including phenoxy) is 2. The summed E-state index contributed by atoms with van der Waals surface area (Å²) in [5, 5.41) is 4.23. The number of nitrogens with one attached hydrogen (secondary N) is 2. The van der Waals surface area contributed by atoms with Gasteiger partial charge in [-0.15, -0.1) is 11.6 Å². The molecule has 0 aliphatic heterocycles. The number of hydroxylamine groups is 1. The van der Waals surface area contributed by atoms with Crippen molar-refractivity contribution in [3.05, 3.63) is 23.2 Å². The summed E-state index contributed by atoms with van der Waals surface area (Å²) in [7, 11) is 0. The summed E-state index contributed by atoms with van der Waals surface area (Å²) in [6.45, 7) is 14.6. The fourth-order valence-corrected chi connectivity index (χ4v) is 3.67. The van der Waals surface area contributed by atoms with E-state index in [1.807, 2.05) is 20.8 Å². The Balaban J connectivity index is 2.80. The van der Waals surface area contributed by atoms with Crippen LogP contribution in [0.25, 0.3) is 0 Å². The van der Waals surface area contributed by atoms with E-state index in [9.17, 15) is 19.2 Å². The van der Waals surface area contributed by atoms with E-state index in [0.717, 1.165) is 11.3 Å². The van der Waals surface area contributed by atoms with Gasteiger partial charge in [-0.3, -0.25) is 9.59 Å². The topological polar surface area (TPSA) is 133 Å². The van der Waals surface area contributed by atoms with Gasteiger partial charge in [-0.05, 0) is 44.6 Å². The van der Waals surface area contributed by atoms with E-state index < -0.39 is 35.6 Å². The summed E-state index contributed by atoms with van der Waals surface area (Å²) in [6, 6.07) is -0.880. The van der Waals surface area contributed by atoms with Crippen LogP contribution in [0.5, 0.6) is 5.19 Å². The number of alkyl halides is 1. The Morgan fingerprint density at radius 2 is 1.76 bits per heavy atom. The number of amides is 2. The number of hydrogen-bond donors (Lipinski definition) is 2. The van der Waals surface area contributed by atoms with Crippen molar-refractivity contribution in [3.8, 4) is 5.19 Å². The average Bonchev–Trinajstić information content (AvgIpc) is 3.23. The molecule has 1 heterocycles. The fraction of sp³-hybridized carbons (Fsp3) is 0.654. The van der Waals surface area contributed by atoms with Crippen LogP contribution in [0.15, 0.2) is 17.5 Å². The number of nitrogens with zero attached hydrogens (tertiary/aromatic N) is 1. The molecule has 214 valence electrons. The molecule has 1 aromatic rings. The second kappa shape index (κ2) is 15.1. The molecular formula is C26H40ClN3O7S. The van der Waals surface area contributed by atoms with Crippen LogP contribution in [-0.2, 0) is 23.9 Å². The molecule has 0 spiro atoms. The maximum Gasteiger partial charge on any atom is 0.358 e. The number of hydrogen-bond acceptors (Lipinski definition) is 9. The van der Waals surface area contributed by atoms with E-state index >= 15 is 0 Å². The van der Waals surface area contributed by atoms with Crippen LogP contribution in [0.2, 0.25) is 0 Å². The lowest BCUT2D eigenvalue weighted by atomic mass is 9.91. The van der Waals surface area contributed by atoms with Gasteiger partial charge in [-0.1, -0.05) is 52.0 Å². The zero-order valence-electron chi connectivity index (χ0n) is 23.4. The van der Waals surface area contributed by atoms with Gasteiger partial charge in [-0.2, -0.15) is 10.5 Å². The molecule has 2 N–H and O–H groups in total. The van der Waals surface area contributed by atoms with Crippen molar-refractivity contribution in [1.29, 1.82) is 0 Å². The van der Waals surface area contributed by atoms with E-state index in [1.54, 1.807) is 46.8 Å². The zero-order chi connectivity index (χ0) is 29.1. The molecule has 0 bridgehead atoms. The van der Waals surface area contributed by atoms with Gasteiger partial charge in [0.25, 0.3) is 5.91 Å². The highest BCUT2D eigenvalue weighted by Crippen LogP contribution is 2.21. The molecule has 0 unspecified atom stereocenters. The molecule has 1 aromatic heterocycles. The lowest BCUT2D eigenvalue weighted by Gasteiger charge is -2.25. The third-order valence-electron chi connectivity index (χ3n) is 4.55. The Morgan fingerprint density at radius 3 is 2.32 bits per heavy atom. The molecule has 0 radical (unpaired) electrons. The largest absolute Gasteiger partial charge is 0.456 e. The number of esters is 2. The molecule has 0 fully saturated rings. The smallest absolute Gasteiger partial charge is 0.358 e. The first-order chi connectivity index (χ1) is 17.5. The van der Waals surface area contributed by atoms with Crippen LogP contribution in [0, 0.1) is 11.3 Å². The highest BCUT2D eigenvalue weighted by atomic mass is 35.5. The molecule has 0 saturated heterocycles. The van der Waals surface area contributed by atoms with Crippen molar-refractivity contribution >= 4 is 46.7 Å². The van der Waals surface area contributed by atoms with Crippen molar-refractivity contribution in [1.82, 2.24) is 15.8 Å². The van der Waals surface area contributed by atoms with E-state index in [1.165, 1.54) is 5.38 Å². The second-order valence-corrected chi connectivity index (χ2v) is 12.4. The Bertz CT molecular complexity index is 980. The number of halogens is 1. The maximum absolute atomic E-state index is 12.9. The van der Waals surface area contributed by atoms with E-state index in [-0.39, 0.29) is 41.0 Å². The Labute approximate surface area is 233 Å². The van der Waals surface area contributed by atoms with Crippen molar-refractivity contribution in [2.24, 2.45) is 11.3 Å². The van der Waals surface area contributed by atoms with Crippen molar-refractivity contribution in [2.75, 3.05) is 5.88 Å². The third-order valence-corrected chi connectivity index (χ3v) is 5.49. The molecule has 2 atom stereocenters. The van der Waals surface area contributed by atoms with Crippen LogP contribution in [0.4, 0.5) is 0 Å². The van der Waals surface area contributed by atoms with E-state index in [2.05, 4.69) is 15.8 Å². The molecule has 12 heteroatoms. The van der Waals surface area contributed by atoms with Gasteiger partial charge < -0.3 is 19.6 Å². The maximum atomic E-state index is 12.9. The van der Waals surface area contributed by atoms with Crippen molar-refractivity contribution < 1.29 is 33.5 Å². The highest BCUT2D eigenvalue weighted by Gasteiger charge is 2.29. The molecule has 0 saturated carbocycles. The monoisotopic (exact) mass is 573 g/mol. The van der Waals surface area contributed by atoms with E-state index in [0.29, 0.717) is 12.3 Å². The molecule has 1 rings (SSSR count). The minimum absolute atomic E-state index is 0.0341. The highest BCUT2D eigenvalue weighted by molar-refractivity contribution is 7.11. The normalized spacial score (nSPS) is 13.6. The molecule has 0 aliphatic rings. The van der Waals surface area contributed by atoms with Gasteiger partial charge in [-0.25, -0.2) is 9.59 Å². The molecule has 0 aliphatic carbocycles. The standard InChI is InChI=1S/C26H40ClN3O7S/c1-16(2)21(29-20(32)14-25(3,4)5)23(34)35-17(11-9-10-12-27)13-19(31)30-37-24-28-18(15-38-24)22(33)36-26(6,7)8/h9,11,15-17,21H,10,12-14H2,1-8H3,(H,29,32)(H,30,31)/t17-,21+/m1/s1. The number of carbonyl (C=O) groups excluding carboxylic acids is 4. The zero-order valence-corrected chi connectivity index (χ0v) is 25.0. The van der Waals surface area contributed by atoms with Gasteiger partial charge in [0.15, 0.2) is 5.69 Å². The van der Waals surface area contributed by atoms with Crippen molar-refractivity contribution in [2.45, 2.75) is 92.4 Å². The van der Waals surface area contributed by atoms with Gasteiger partial charge in [0.1, 0.15) is 17.7 Å². The molecular weight excluding hydrogens is 534 g/mol. The average molecular weight is 574 g/mol. The van der Waals surface area contributed by atoms with Crippen LogP contribution in [0.1, 0.15) is 85.1 Å². The fourth-order valence-electron chi connectivity index (χ4n) is 2.94. The Kier molecular flexibility index (Phi) is 13.2. The summed E-state index contributed by atoms with van der Waals surface area (Å²) >= 11 is 6.74. The van der Waals surface area contributed by atoms with Crippen LogP contribution >= 0.6 is 22.9 Å². The van der Waals surface area contributed by atoms with Crippen LogP contribution in [-0.4, -0.2) is 52.4 Å². The number of allylic oxidation sites excluding steroid dienone is 1. The summed E-state index contributed by atoms with van der Waals surface area (Å²) in [5.41, 5.74) is 1.37. The molecule has 2 amide bonds. The van der Waals surface area contributed by atoms with Gasteiger partial charge in [0.05, 0.1) is 6.42 Å². The number of carbonyl (C=O) groups is 4. The van der Waals surface area contributed by atoms with Gasteiger partial charge in [0, 0.05) is 17.7 Å². The number of rotatable bonds is 13. The van der Waals surface area contributed by atoms with Crippen LogP contribution in [0.3, 0.4) is 0 Å². The first-order valence-corrected chi connectivity index (χ1v) is 13.8. The lowest BCUT2D eigenvalue weighted by molar-refractivity contribution is -0.153. The lowest BCUT2D eigenvalue weighted by Crippen LogP contribution is -2.47. The van der Waals surface area contributed by atoms with Gasteiger partial charge in [0.2, 0.25) is 5.91 Å². The van der Waals surface area contributed by atoms with E-state index in [4.69, 9.17) is 25.9 Å².